The van der Waals surface area contributed by atoms with E-state index in [1.54, 1.807) is 13.3 Å². The molecule has 1 N–H and O–H groups in total. The Hall–Kier alpha value is -2.15. The molecule has 1 aliphatic rings. The van der Waals surface area contributed by atoms with E-state index in [2.05, 4.69) is 27.1 Å². The Labute approximate surface area is 168 Å². The summed E-state index contributed by atoms with van der Waals surface area (Å²) in [6, 6.07) is 11.8. The van der Waals surface area contributed by atoms with Crippen LogP contribution in [0.4, 0.5) is 0 Å². The van der Waals surface area contributed by atoms with Gasteiger partial charge in [-0.15, -0.1) is 0 Å². The van der Waals surface area contributed by atoms with Gasteiger partial charge in [-0.3, -0.25) is 4.98 Å². The molecule has 0 spiro atoms. The van der Waals surface area contributed by atoms with E-state index in [9.17, 15) is 0 Å². The van der Waals surface area contributed by atoms with Crippen LogP contribution in [0.25, 0.3) is 0 Å². The van der Waals surface area contributed by atoms with Crippen molar-refractivity contribution in [1.29, 1.82) is 0 Å². The van der Waals surface area contributed by atoms with Gasteiger partial charge in [0.25, 0.3) is 0 Å². The van der Waals surface area contributed by atoms with Gasteiger partial charge in [0.05, 0.1) is 12.8 Å². The summed E-state index contributed by atoms with van der Waals surface area (Å²) in [5.74, 6) is 1.72. The fourth-order valence-corrected chi connectivity index (χ4v) is 3.32. The molecule has 6 heteroatoms. The normalized spacial score (nSPS) is 15.5. The first kappa shape index (κ1) is 20.6. The highest BCUT2D eigenvalue weighted by Gasteiger charge is 2.13. The van der Waals surface area contributed by atoms with Crippen LogP contribution in [0.15, 0.2) is 42.6 Å². The summed E-state index contributed by atoms with van der Waals surface area (Å²) in [4.78, 5) is 9.26. The molecular weight excluding hydrogens is 352 g/mol. The van der Waals surface area contributed by atoms with Crippen molar-refractivity contribution in [1.82, 2.24) is 20.1 Å². The number of hydrogen-bond acceptors (Lipinski definition) is 6. The smallest absolute Gasteiger partial charge is 0.130 e. The molecule has 1 aliphatic heterocycles. The number of aromatic nitrogens is 1. The Morgan fingerprint density at radius 3 is 2.71 bits per heavy atom. The van der Waals surface area contributed by atoms with E-state index in [0.717, 1.165) is 48.8 Å². The Balaban J connectivity index is 1.46. The SMILES string of the molecule is COc1ccc(OCc2ccccn2)c(CNCCCN2CCN(C)CC2)c1. The van der Waals surface area contributed by atoms with Gasteiger partial charge in [0.1, 0.15) is 18.1 Å². The number of methoxy groups -OCH3 is 1. The Bertz CT molecular complexity index is 703. The van der Waals surface area contributed by atoms with E-state index in [0.29, 0.717) is 6.61 Å². The van der Waals surface area contributed by atoms with E-state index in [1.165, 1.54) is 26.2 Å². The zero-order valence-electron chi connectivity index (χ0n) is 17.1. The molecule has 28 heavy (non-hydrogen) atoms. The third kappa shape index (κ3) is 6.48. The highest BCUT2D eigenvalue weighted by molar-refractivity contribution is 5.40. The summed E-state index contributed by atoms with van der Waals surface area (Å²) in [7, 11) is 3.89. The molecule has 2 heterocycles. The number of pyridine rings is 1. The van der Waals surface area contributed by atoms with Crippen LogP contribution >= 0.6 is 0 Å². The summed E-state index contributed by atoms with van der Waals surface area (Å²) < 4.78 is 11.4. The Kier molecular flexibility index (Phi) is 8.08. The van der Waals surface area contributed by atoms with E-state index in [4.69, 9.17) is 9.47 Å². The number of piperazine rings is 1. The van der Waals surface area contributed by atoms with Crippen molar-refractivity contribution in [2.24, 2.45) is 0 Å². The molecule has 1 saturated heterocycles. The summed E-state index contributed by atoms with van der Waals surface area (Å²) in [5.41, 5.74) is 2.03. The first-order valence-corrected chi connectivity index (χ1v) is 10.1. The van der Waals surface area contributed by atoms with Crippen LogP contribution in [0.2, 0.25) is 0 Å². The molecule has 152 valence electrons. The monoisotopic (exact) mass is 384 g/mol. The second-order valence-electron chi connectivity index (χ2n) is 7.26. The van der Waals surface area contributed by atoms with Gasteiger partial charge in [-0.05, 0) is 56.9 Å². The van der Waals surface area contributed by atoms with Gasteiger partial charge in [0.2, 0.25) is 0 Å². The highest BCUT2D eigenvalue weighted by Crippen LogP contribution is 2.25. The predicted octanol–water partition coefficient (Wildman–Crippen LogP) is 2.40. The number of ether oxygens (including phenoxy) is 2. The van der Waals surface area contributed by atoms with Crippen LogP contribution in [-0.2, 0) is 13.2 Å². The summed E-state index contributed by atoms with van der Waals surface area (Å²) in [6.07, 6.45) is 2.94. The van der Waals surface area contributed by atoms with E-state index in [1.807, 2.05) is 36.4 Å². The highest BCUT2D eigenvalue weighted by atomic mass is 16.5. The van der Waals surface area contributed by atoms with Crippen molar-refractivity contribution < 1.29 is 9.47 Å². The second kappa shape index (κ2) is 11.0. The summed E-state index contributed by atoms with van der Waals surface area (Å²) in [5, 5.41) is 3.55. The maximum atomic E-state index is 6.01. The lowest BCUT2D eigenvalue weighted by molar-refractivity contribution is 0.152. The lowest BCUT2D eigenvalue weighted by Gasteiger charge is -2.32. The van der Waals surface area contributed by atoms with Crippen LogP contribution < -0.4 is 14.8 Å². The van der Waals surface area contributed by atoms with Crippen LogP contribution in [0.5, 0.6) is 11.5 Å². The molecule has 0 amide bonds. The van der Waals surface area contributed by atoms with Gasteiger partial charge >= 0.3 is 0 Å². The maximum Gasteiger partial charge on any atom is 0.130 e. The number of benzene rings is 1. The predicted molar refractivity (Wildman–Crippen MR) is 112 cm³/mol. The molecule has 0 aliphatic carbocycles. The fourth-order valence-electron chi connectivity index (χ4n) is 3.32. The van der Waals surface area contributed by atoms with Crippen molar-refractivity contribution in [2.75, 3.05) is 53.4 Å². The molecular formula is C22H32N4O2. The molecule has 0 bridgehead atoms. The third-order valence-corrected chi connectivity index (χ3v) is 5.11. The molecule has 1 aromatic heterocycles. The summed E-state index contributed by atoms with van der Waals surface area (Å²) >= 11 is 0. The van der Waals surface area contributed by atoms with Crippen molar-refractivity contribution in [2.45, 2.75) is 19.6 Å². The number of nitrogens with one attached hydrogen (secondary N) is 1. The summed E-state index contributed by atoms with van der Waals surface area (Å²) in [6.45, 7) is 8.07. The molecule has 0 unspecified atom stereocenters. The van der Waals surface area contributed by atoms with Crippen LogP contribution in [0.3, 0.4) is 0 Å². The van der Waals surface area contributed by atoms with Gasteiger partial charge in [-0.25, -0.2) is 0 Å². The van der Waals surface area contributed by atoms with Crippen molar-refractivity contribution in [3.05, 3.63) is 53.9 Å². The van der Waals surface area contributed by atoms with E-state index >= 15 is 0 Å². The van der Waals surface area contributed by atoms with Crippen LogP contribution in [0.1, 0.15) is 17.7 Å². The standard InChI is InChI=1S/C22H32N4O2/c1-25-12-14-26(15-13-25)11-5-9-23-17-19-16-21(27-2)7-8-22(19)28-18-20-6-3-4-10-24-20/h3-4,6-8,10,16,23H,5,9,11-15,17-18H2,1-2H3. The molecule has 0 saturated carbocycles. The van der Waals surface area contributed by atoms with Crippen LogP contribution in [-0.4, -0.2) is 68.2 Å². The van der Waals surface area contributed by atoms with Gasteiger partial charge in [-0.2, -0.15) is 0 Å². The molecule has 1 fully saturated rings. The average molecular weight is 385 g/mol. The molecule has 3 rings (SSSR count). The number of hydrogen-bond donors (Lipinski definition) is 1. The molecule has 6 nitrogen and oxygen atoms in total. The van der Waals surface area contributed by atoms with Gasteiger partial charge in [0, 0.05) is 44.5 Å². The van der Waals surface area contributed by atoms with Crippen molar-refractivity contribution in [3.8, 4) is 11.5 Å². The maximum absolute atomic E-state index is 6.01. The number of rotatable bonds is 10. The Morgan fingerprint density at radius 1 is 1.11 bits per heavy atom. The van der Waals surface area contributed by atoms with Gasteiger partial charge in [-0.1, -0.05) is 6.07 Å². The second-order valence-corrected chi connectivity index (χ2v) is 7.26. The largest absolute Gasteiger partial charge is 0.497 e. The zero-order valence-corrected chi connectivity index (χ0v) is 17.1. The number of nitrogens with zero attached hydrogens (tertiary/aromatic N) is 3. The lowest BCUT2D eigenvalue weighted by atomic mass is 10.2. The lowest BCUT2D eigenvalue weighted by Crippen LogP contribution is -2.45. The number of likely N-dealkylation sites (N-methyl/N-ethyl adjacent to an activating group) is 1. The molecule has 0 atom stereocenters. The minimum absolute atomic E-state index is 0.462. The van der Waals surface area contributed by atoms with E-state index < -0.39 is 0 Å². The molecule has 0 radical (unpaired) electrons. The topological polar surface area (TPSA) is 49.9 Å². The van der Waals surface area contributed by atoms with Crippen molar-refractivity contribution >= 4 is 0 Å². The van der Waals surface area contributed by atoms with Crippen LogP contribution in [0, 0.1) is 0 Å². The Morgan fingerprint density at radius 2 is 1.96 bits per heavy atom. The quantitative estimate of drug-likeness (QED) is 0.635. The minimum atomic E-state index is 0.462. The van der Waals surface area contributed by atoms with Gasteiger partial charge in [0.15, 0.2) is 0 Å². The van der Waals surface area contributed by atoms with Crippen molar-refractivity contribution in [3.63, 3.8) is 0 Å². The third-order valence-electron chi connectivity index (χ3n) is 5.11. The zero-order chi connectivity index (χ0) is 19.6. The van der Waals surface area contributed by atoms with Gasteiger partial charge < -0.3 is 24.6 Å². The first-order chi connectivity index (χ1) is 13.7. The minimum Gasteiger partial charge on any atom is -0.497 e. The molecule has 1 aromatic carbocycles. The first-order valence-electron chi connectivity index (χ1n) is 10.1. The molecule has 2 aromatic rings. The average Bonchev–Trinajstić information content (AvgIpc) is 2.74. The fraction of sp³-hybridized carbons (Fsp3) is 0.500. The van der Waals surface area contributed by atoms with E-state index in [-0.39, 0.29) is 0 Å².